The molecule has 1 aromatic heterocycles. The number of likely N-dealkylation sites (N-methyl/N-ethyl adjacent to an activating group) is 1. The van der Waals surface area contributed by atoms with Gasteiger partial charge in [0, 0.05) is 10.6 Å². The Kier molecular flexibility index (Phi) is 5.42. The average molecular weight is 243 g/mol. The number of carbonyl (C=O) groups is 1. The second-order valence-electron chi connectivity index (χ2n) is 3.43. The van der Waals surface area contributed by atoms with Crippen molar-refractivity contribution in [3.05, 3.63) is 18.1 Å². The first-order chi connectivity index (χ1) is 7.65. The van der Waals surface area contributed by atoms with Crippen molar-refractivity contribution >= 4 is 17.7 Å². The van der Waals surface area contributed by atoms with Crippen molar-refractivity contribution < 1.29 is 14.3 Å². The molecule has 1 unspecified atom stereocenters. The molecule has 0 amide bonds. The van der Waals surface area contributed by atoms with E-state index in [2.05, 4.69) is 5.32 Å². The standard InChI is InChI=1S/C11H17NO3S/c1-3-12-9(11(13)14)5-7-16-10-4-6-15-8(10)2/h4,6,9,12H,3,5,7H2,1-2H3,(H,13,14). The maximum absolute atomic E-state index is 10.9. The van der Waals surface area contributed by atoms with Gasteiger partial charge in [0.05, 0.1) is 6.26 Å². The SMILES string of the molecule is CCNC(CCSc1ccoc1C)C(=O)O. The largest absolute Gasteiger partial charge is 0.480 e. The van der Waals surface area contributed by atoms with Gasteiger partial charge in [-0.3, -0.25) is 4.79 Å². The normalized spacial score (nSPS) is 12.6. The molecule has 0 saturated heterocycles. The van der Waals surface area contributed by atoms with Gasteiger partial charge in [0.15, 0.2) is 0 Å². The summed E-state index contributed by atoms with van der Waals surface area (Å²) in [5.41, 5.74) is 0. The molecule has 1 atom stereocenters. The molecule has 0 fully saturated rings. The van der Waals surface area contributed by atoms with E-state index in [-0.39, 0.29) is 0 Å². The lowest BCUT2D eigenvalue weighted by Gasteiger charge is -2.12. The van der Waals surface area contributed by atoms with Crippen LogP contribution in [0, 0.1) is 6.92 Å². The molecule has 5 heteroatoms. The van der Waals surface area contributed by atoms with Gasteiger partial charge in [0.1, 0.15) is 11.8 Å². The fourth-order valence-corrected chi connectivity index (χ4v) is 2.35. The zero-order chi connectivity index (χ0) is 12.0. The first kappa shape index (κ1) is 13.1. The van der Waals surface area contributed by atoms with E-state index >= 15 is 0 Å². The number of nitrogens with one attached hydrogen (secondary N) is 1. The van der Waals surface area contributed by atoms with Gasteiger partial charge in [0.2, 0.25) is 0 Å². The molecular formula is C11H17NO3S. The Hall–Kier alpha value is -0.940. The van der Waals surface area contributed by atoms with Gasteiger partial charge < -0.3 is 14.8 Å². The highest BCUT2D eigenvalue weighted by molar-refractivity contribution is 7.99. The molecule has 0 radical (unpaired) electrons. The van der Waals surface area contributed by atoms with Gasteiger partial charge in [-0.15, -0.1) is 11.8 Å². The van der Waals surface area contributed by atoms with Crippen molar-refractivity contribution in [2.45, 2.75) is 31.2 Å². The van der Waals surface area contributed by atoms with Crippen molar-refractivity contribution in [2.24, 2.45) is 0 Å². The molecule has 0 aliphatic heterocycles. The Morgan fingerprint density at radius 3 is 2.94 bits per heavy atom. The third-order valence-electron chi connectivity index (χ3n) is 2.22. The van der Waals surface area contributed by atoms with Crippen LogP contribution in [0.25, 0.3) is 0 Å². The molecule has 1 rings (SSSR count). The molecule has 0 aromatic carbocycles. The van der Waals surface area contributed by atoms with Crippen LogP contribution >= 0.6 is 11.8 Å². The van der Waals surface area contributed by atoms with Crippen LogP contribution in [0.5, 0.6) is 0 Å². The van der Waals surface area contributed by atoms with Crippen LogP contribution in [0.2, 0.25) is 0 Å². The van der Waals surface area contributed by atoms with Crippen LogP contribution in [-0.4, -0.2) is 29.4 Å². The number of hydrogen-bond donors (Lipinski definition) is 2. The number of aryl methyl sites for hydroxylation is 1. The molecule has 0 aliphatic rings. The summed E-state index contributed by atoms with van der Waals surface area (Å²) in [7, 11) is 0. The lowest BCUT2D eigenvalue weighted by atomic mass is 10.2. The molecule has 4 nitrogen and oxygen atoms in total. The minimum Gasteiger partial charge on any atom is -0.480 e. The number of aliphatic carboxylic acids is 1. The van der Waals surface area contributed by atoms with E-state index in [4.69, 9.17) is 9.52 Å². The number of hydrogen-bond acceptors (Lipinski definition) is 4. The molecule has 0 aliphatic carbocycles. The summed E-state index contributed by atoms with van der Waals surface area (Å²) >= 11 is 1.63. The molecule has 16 heavy (non-hydrogen) atoms. The Morgan fingerprint density at radius 1 is 1.69 bits per heavy atom. The van der Waals surface area contributed by atoms with Crippen LogP contribution in [0.15, 0.2) is 21.6 Å². The maximum atomic E-state index is 10.9. The van der Waals surface area contributed by atoms with Gasteiger partial charge in [-0.25, -0.2) is 0 Å². The fraction of sp³-hybridized carbons (Fsp3) is 0.545. The second kappa shape index (κ2) is 6.60. The van der Waals surface area contributed by atoms with Gasteiger partial charge in [-0.05, 0) is 26.0 Å². The number of furan rings is 1. The zero-order valence-electron chi connectivity index (χ0n) is 9.53. The summed E-state index contributed by atoms with van der Waals surface area (Å²) in [6.45, 7) is 4.48. The third-order valence-corrected chi connectivity index (χ3v) is 3.40. The summed E-state index contributed by atoms with van der Waals surface area (Å²) < 4.78 is 5.16. The van der Waals surface area contributed by atoms with Crippen LogP contribution in [-0.2, 0) is 4.79 Å². The first-order valence-corrected chi connectivity index (χ1v) is 6.26. The maximum Gasteiger partial charge on any atom is 0.320 e. The molecule has 1 heterocycles. The minimum atomic E-state index is -0.786. The van der Waals surface area contributed by atoms with E-state index < -0.39 is 12.0 Å². The van der Waals surface area contributed by atoms with Crippen LogP contribution < -0.4 is 5.32 Å². The van der Waals surface area contributed by atoms with E-state index in [1.165, 1.54) is 0 Å². The lowest BCUT2D eigenvalue weighted by molar-refractivity contribution is -0.139. The Balaban J connectivity index is 2.33. The van der Waals surface area contributed by atoms with E-state index in [1.807, 2.05) is 19.9 Å². The highest BCUT2D eigenvalue weighted by Gasteiger charge is 2.15. The topological polar surface area (TPSA) is 62.5 Å². The zero-order valence-corrected chi connectivity index (χ0v) is 10.3. The smallest absolute Gasteiger partial charge is 0.320 e. The fourth-order valence-electron chi connectivity index (χ4n) is 1.37. The number of carboxylic acids is 1. The summed E-state index contributed by atoms with van der Waals surface area (Å²) in [4.78, 5) is 11.9. The minimum absolute atomic E-state index is 0.454. The first-order valence-electron chi connectivity index (χ1n) is 5.28. The predicted molar refractivity (Wildman–Crippen MR) is 63.9 cm³/mol. The van der Waals surface area contributed by atoms with Gasteiger partial charge in [0.25, 0.3) is 0 Å². The lowest BCUT2D eigenvalue weighted by Crippen LogP contribution is -2.36. The molecule has 0 saturated carbocycles. The highest BCUT2D eigenvalue weighted by Crippen LogP contribution is 2.23. The van der Waals surface area contributed by atoms with E-state index in [0.29, 0.717) is 13.0 Å². The van der Waals surface area contributed by atoms with Crippen LogP contribution in [0.1, 0.15) is 19.1 Å². The van der Waals surface area contributed by atoms with Crippen molar-refractivity contribution in [3.8, 4) is 0 Å². The van der Waals surface area contributed by atoms with Crippen molar-refractivity contribution in [1.29, 1.82) is 0 Å². The quantitative estimate of drug-likeness (QED) is 0.718. The summed E-state index contributed by atoms with van der Waals surface area (Å²) in [6, 6.07) is 1.45. The van der Waals surface area contributed by atoms with Gasteiger partial charge >= 0.3 is 5.97 Å². The number of thioether (sulfide) groups is 1. The van der Waals surface area contributed by atoms with Crippen molar-refractivity contribution in [1.82, 2.24) is 5.32 Å². The second-order valence-corrected chi connectivity index (χ2v) is 4.56. The number of carboxylic acid groups (broad SMARTS) is 1. The predicted octanol–water partition coefficient (Wildman–Crippen LogP) is 2.13. The molecule has 0 bridgehead atoms. The Morgan fingerprint density at radius 2 is 2.44 bits per heavy atom. The van der Waals surface area contributed by atoms with E-state index in [0.717, 1.165) is 16.4 Å². The average Bonchev–Trinajstić information content (AvgIpc) is 2.63. The van der Waals surface area contributed by atoms with Crippen LogP contribution in [0.4, 0.5) is 0 Å². The third kappa shape index (κ3) is 3.90. The summed E-state index contributed by atoms with van der Waals surface area (Å²) in [5.74, 6) is 0.872. The molecule has 1 aromatic rings. The molecule has 90 valence electrons. The molecular weight excluding hydrogens is 226 g/mol. The summed E-state index contributed by atoms with van der Waals surface area (Å²) in [6.07, 6.45) is 2.26. The Labute approximate surface area is 99.4 Å². The molecule has 0 spiro atoms. The highest BCUT2D eigenvalue weighted by atomic mass is 32.2. The van der Waals surface area contributed by atoms with Gasteiger partial charge in [-0.1, -0.05) is 6.92 Å². The van der Waals surface area contributed by atoms with Crippen molar-refractivity contribution in [2.75, 3.05) is 12.3 Å². The number of rotatable bonds is 7. The molecule has 2 N–H and O–H groups in total. The van der Waals surface area contributed by atoms with Crippen molar-refractivity contribution in [3.63, 3.8) is 0 Å². The Bertz CT molecular complexity index is 338. The van der Waals surface area contributed by atoms with Crippen LogP contribution in [0.3, 0.4) is 0 Å². The van der Waals surface area contributed by atoms with E-state index in [9.17, 15) is 4.79 Å². The van der Waals surface area contributed by atoms with E-state index in [1.54, 1.807) is 18.0 Å². The monoisotopic (exact) mass is 243 g/mol. The van der Waals surface area contributed by atoms with Gasteiger partial charge in [-0.2, -0.15) is 0 Å². The summed E-state index contributed by atoms with van der Waals surface area (Å²) in [5, 5.41) is 11.9.